The summed E-state index contributed by atoms with van der Waals surface area (Å²) in [6.45, 7) is 10.7. The summed E-state index contributed by atoms with van der Waals surface area (Å²) >= 11 is 0. The van der Waals surface area contributed by atoms with Crippen LogP contribution in [0.15, 0.2) is 60.7 Å². The topological polar surface area (TPSA) is 76.1 Å². The number of nitrogens with zero attached hydrogens (tertiary/aromatic N) is 1. The van der Waals surface area contributed by atoms with Gasteiger partial charge in [0.25, 0.3) is 11.7 Å². The largest absolute Gasteiger partial charge is 0.507 e. The third kappa shape index (κ3) is 5.11. The molecule has 174 valence electrons. The van der Waals surface area contributed by atoms with Crippen molar-refractivity contribution < 1.29 is 24.2 Å². The normalized spacial score (nSPS) is 17.3. The zero-order valence-electron chi connectivity index (χ0n) is 19.5. The fraction of sp³-hybridized carbons (Fsp3) is 0.333. The fourth-order valence-corrected chi connectivity index (χ4v) is 3.98. The van der Waals surface area contributed by atoms with Gasteiger partial charge in [-0.25, -0.2) is 0 Å². The van der Waals surface area contributed by atoms with Gasteiger partial charge in [0.15, 0.2) is 0 Å². The summed E-state index contributed by atoms with van der Waals surface area (Å²) in [7, 11) is 0. The maximum Gasteiger partial charge on any atom is 0.295 e. The van der Waals surface area contributed by atoms with Crippen molar-refractivity contribution >= 4 is 17.4 Å². The molecule has 1 fully saturated rings. The zero-order valence-corrected chi connectivity index (χ0v) is 19.5. The second kappa shape index (κ2) is 10.9. The maximum atomic E-state index is 13.1. The lowest BCUT2D eigenvalue weighted by molar-refractivity contribution is -0.139. The van der Waals surface area contributed by atoms with Gasteiger partial charge in [0.1, 0.15) is 23.9 Å². The molecule has 0 aliphatic carbocycles. The molecule has 1 amide bonds. The highest BCUT2D eigenvalue weighted by atomic mass is 16.5. The van der Waals surface area contributed by atoms with E-state index in [1.807, 2.05) is 32.9 Å². The van der Waals surface area contributed by atoms with Gasteiger partial charge < -0.3 is 19.5 Å². The molecule has 0 radical (unpaired) electrons. The highest BCUT2D eigenvalue weighted by Crippen LogP contribution is 2.40. The van der Waals surface area contributed by atoms with Gasteiger partial charge in [-0.3, -0.25) is 9.59 Å². The summed E-state index contributed by atoms with van der Waals surface area (Å²) in [4.78, 5) is 27.6. The number of aliphatic hydroxyl groups is 1. The van der Waals surface area contributed by atoms with Crippen molar-refractivity contribution in [2.45, 2.75) is 39.7 Å². The van der Waals surface area contributed by atoms with E-state index in [2.05, 4.69) is 6.58 Å². The first kappa shape index (κ1) is 24.1. The summed E-state index contributed by atoms with van der Waals surface area (Å²) < 4.78 is 11.2. The van der Waals surface area contributed by atoms with Crippen molar-refractivity contribution in [3.63, 3.8) is 0 Å². The summed E-state index contributed by atoms with van der Waals surface area (Å²) in [5.74, 6) is -0.167. The molecule has 2 aromatic carbocycles. The lowest BCUT2D eigenvalue weighted by Crippen LogP contribution is -2.30. The van der Waals surface area contributed by atoms with Gasteiger partial charge in [-0.2, -0.15) is 0 Å². The van der Waals surface area contributed by atoms with Crippen LogP contribution < -0.4 is 9.47 Å². The minimum absolute atomic E-state index is 0.0838. The molecule has 0 bridgehead atoms. The third-order valence-electron chi connectivity index (χ3n) is 5.58. The summed E-state index contributed by atoms with van der Waals surface area (Å²) in [5.41, 5.74) is 2.09. The standard InChI is InChI=1S/C27H31NO5/c1-5-8-14-28-24(19-10-9-11-21(17-19)33-15-6-2)23(26(30)27(28)31)25(29)20-12-13-22(32-7-3)18(4)16-20/h6,9-13,16-17,24,29H,2,5,7-8,14-15H2,1,3-4H3/b25-23+. The minimum atomic E-state index is -0.698. The maximum absolute atomic E-state index is 13.1. The molecule has 1 aliphatic rings. The molecule has 1 heterocycles. The van der Waals surface area contributed by atoms with Gasteiger partial charge in [0.2, 0.25) is 0 Å². The van der Waals surface area contributed by atoms with Crippen molar-refractivity contribution in [2.24, 2.45) is 0 Å². The number of carbonyl (C=O) groups is 2. The number of hydrogen-bond donors (Lipinski definition) is 1. The van der Waals surface area contributed by atoms with Crippen molar-refractivity contribution in [3.8, 4) is 11.5 Å². The van der Waals surface area contributed by atoms with Gasteiger partial charge in [-0.05, 0) is 61.7 Å². The number of benzene rings is 2. The Kier molecular flexibility index (Phi) is 7.93. The number of aliphatic hydroxyl groups excluding tert-OH is 1. The van der Waals surface area contributed by atoms with E-state index in [1.165, 1.54) is 0 Å². The molecule has 1 saturated heterocycles. The molecule has 6 heteroatoms. The van der Waals surface area contributed by atoms with Gasteiger partial charge in [-0.15, -0.1) is 0 Å². The molecule has 0 saturated carbocycles. The van der Waals surface area contributed by atoms with Crippen LogP contribution in [0.1, 0.15) is 49.4 Å². The molecular formula is C27H31NO5. The van der Waals surface area contributed by atoms with Crippen molar-refractivity contribution in [3.05, 3.63) is 77.4 Å². The molecule has 3 rings (SSSR count). The van der Waals surface area contributed by atoms with Crippen molar-refractivity contribution in [2.75, 3.05) is 19.8 Å². The molecule has 1 aliphatic heterocycles. The lowest BCUT2D eigenvalue weighted by atomic mass is 9.94. The minimum Gasteiger partial charge on any atom is -0.507 e. The average molecular weight is 450 g/mol. The Morgan fingerprint density at radius 1 is 1.15 bits per heavy atom. The SMILES string of the molecule is C=CCOc1cccc(C2/C(=C(\O)c3ccc(OCC)c(C)c3)C(=O)C(=O)N2CCCC)c1. The van der Waals surface area contributed by atoms with Crippen LogP contribution >= 0.6 is 0 Å². The number of Topliss-reactive ketones (excluding diaryl/α,β-unsaturated/α-hetero) is 1. The van der Waals surface area contributed by atoms with Crippen LogP contribution in [0, 0.1) is 6.92 Å². The van der Waals surface area contributed by atoms with E-state index in [0.717, 1.165) is 18.4 Å². The van der Waals surface area contributed by atoms with E-state index < -0.39 is 17.7 Å². The average Bonchev–Trinajstić information content (AvgIpc) is 3.07. The van der Waals surface area contributed by atoms with Crippen LogP contribution in [0.5, 0.6) is 11.5 Å². The number of ketones is 1. The van der Waals surface area contributed by atoms with Crippen LogP contribution in [-0.4, -0.2) is 41.5 Å². The molecule has 0 spiro atoms. The Hall–Kier alpha value is -3.54. The Morgan fingerprint density at radius 2 is 1.94 bits per heavy atom. The number of unbranched alkanes of at least 4 members (excludes halogenated alkanes) is 1. The number of carbonyl (C=O) groups excluding carboxylic acids is 2. The number of likely N-dealkylation sites (tertiary alicyclic amines) is 1. The second-order valence-electron chi connectivity index (χ2n) is 7.93. The molecule has 1 unspecified atom stereocenters. The van der Waals surface area contributed by atoms with Gasteiger partial charge >= 0.3 is 0 Å². The van der Waals surface area contributed by atoms with E-state index in [-0.39, 0.29) is 11.3 Å². The molecule has 0 aromatic heterocycles. The van der Waals surface area contributed by atoms with E-state index in [9.17, 15) is 14.7 Å². The van der Waals surface area contributed by atoms with Crippen LogP contribution in [0.4, 0.5) is 0 Å². The van der Waals surface area contributed by atoms with E-state index in [1.54, 1.807) is 41.3 Å². The van der Waals surface area contributed by atoms with Crippen LogP contribution in [0.2, 0.25) is 0 Å². The zero-order chi connectivity index (χ0) is 24.0. The quantitative estimate of drug-likeness (QED) is 0.234. The Morgan fingerprint density at radius 3 is 2.61 bits per heavy atom. The second-order valence-corrected chi connectivity index (χ2v) is 7.93. The summed E-state index contributed by atoms with van der Waals surface area (Å²) in [6, 6.07) is 11.8. The van der Waals surface area contributed by atoms with Crippen molar-refractivity contribution in [1.82, 2.24) is 4.90 Å². The highest BCUT2D eigenvalue weighted by Gasteiger charge is 2.45. The summed E-state index contributed by atoms with van der Waals surface area (Å²) in [6.07, 6.45) is 3.27. The Bertz CT molecular complexity index is 1070. The number of ether oxygens (including phenoxy) is 2. The lowest BCUT2D eigenvalue weighted by Gasteiger charge is -2.25. The van der Waals surface area contributed by atoms with Gasteiger partial charge in [0, 0.05) is 12.1 Å². The third-order valence-corrected chi connectivity index (χ3v) is 5.58. The molecule has 2 aromatic rings. The molecular weight excluding hydrogens is 418 g/mol. The predicted octanol–water partition coefficient (Wildman–Crippen LogP) is 5.18. The first-order chi connectivity index (χ1) is 15.9. The van der Waals surface area contributed by atoms with Crippen molar-refractivity contribution in [1.29, 1.82) is 0 Å². The smallest absolute Gasteiger partial charge is 0.295 e. The molecule has 1 N–H and O–H groups in total. The molecule has 33 heavy (non-hydrogen) atoms. The fourth-order valence-electron chi connectivity index (χ4n) is 3.98. The van der Waals surface area contributed by atoms with Gasteiger partial charge in [0.05, 0.1) is 18.2 Å². The summed E-state index contributed by atoms with van der Waals surface area (Å²) in [5, 5.41) is 11.2. The molecule has 1 atom stereocenters. The predicted molar refractivity (Wildman–Crippen MR) is 128 cm³/mol. The number of rotatable bonds is 10. The van der Waals surface area contributed by atoms with Gasteiger partial charge in [-0.1, -0.05) is 38.1 Å². The Balaban J connectivity index is 2.12. The first-order valence-electron chi connectivity index (χ1n) is 11.3. The van der Waals surface area contributed by atoms with E-state index in [4.69, 9.17) is 9.47 Å². The van der Waals surface area contributed by atoms with Crippen LogP contribution in [0.25, 0.3) is 5.76 Å². The number of aryl methyl sites for hydroxylation is 1. The van der Waals surface area contributed by atoms with Crippen LogP contribution in [0.3, 0.4) is 0 Å². The van der Waals surface area contributed by atoms with E-state index in [0.29, 0.717) is 42.4 Å². The Labute approximate surface area is 195 Å². The monoisotopic (exact) mass is 449 g/mol. The first-order valence-corrected chi connectivity index (χ1v) is 11.3. The molecule has 6 nitrogen and oxygen atoms in total. The van der Waals surface area contributed by atoms with Crippen LogP contribution in [-0.2, 0) is 9.59 Å². The van der Waals surface area contributed by atoms with E-state index >= 15 is 0 Å². The number of amides is 1. The highest BCUT2D eigenvalue weighted by molar-refractivity contribution is 6.46. The number of hydrogen-bond acceptors (Lipinski definition) is 5.